The number of ether oxygens (including phenoxy) is 1. The van der Waals surface area contributed by atoms with Crippen molar-refractivity contribution >= 4 is 5.91 Å². The molecule has 0 aliphatic rings. The SMILES string of the molecule is CCCOCCCNCCC(=O)NC(C)C. The van der Waals surface area contributed by atoms with Crippen molar-refractivity contribution in [2.75, 3.05) is 26.3 Å². The number of nitrogens with one attached hydrogen (secondary N) is 2. The summed E-state index contributed by atoms with van der Waals surface area (Å²) < 4.78 is 5.34. The van der Waals surface area contributed by atoms with E-state index in [2.05, 4.69) is 17.6 Å². The van der Waals surface area contributed by atoms with Crippen LogP contribution in [0.25, 0.3) is 0 Å². The molecule has 0 aromatic rings. The lowest BCUT2D eigenvalue weighted by molar-refractivity contribution is -0.121. The van der Waals surface area contributed by atoms with Gasteiger partial charge in [0, 0.05) is 32.2 Å². The summed E-state index contributed by atoms with van der Waals surface area (Å²) in [4.78, 5) is 11.3. The standard InChI is InChI=1S/C12H26N2O2/c1-4-9-16-10-5-7-13-8-6-12(15)14-11(2)3/h11,13H,4-10H2,1-3H3,(H,14,15). The van der Waals surface area contributed by atoms with Crippen LogP contribution in [0.4, 0.5) is 0 Å². The fourth-order valence-corrected chi connectivity index (χ4v) is 1.27. The van der Waals surface area contributed by atoms with Crippen LogP contribution >= 0.6 is 0 Å². The highest BCUT2D eigenvalue weighted by Crippen LogP contribution is 1.85. The van der Waals surface area contributed by atoms with Crippen LogP contribution in [0.2, 0.25) is 0 Å². The first-order valence-electron chi connectivity index (χ1n) is 6.24. The first-order valence-corrected chi connectivity index (χ1v) is 6.24. The van der Waals surface area contributed by atoms with Crippen LogP contribution in [0, 0.1) is 0 Å². The molecule has 0 spiro atoms. The average molecular weight is 230 g/mol. The van der Waals surface area contributed by atoms with Gasteiger partial charge in [0.25, 0.3) is 0 Å². The van der Waals surface area contributed by atoms with Crippen LogP contribution in [0.15, 0.2) is 0 Å². The van der Waals surface area contributed by atoms with Crippen LogP contribution in [-0.4, -0.2) is 38.3 Å². The Kier molecular flexibility index (Phi) is 10.5. The summed E-state index contributed by atoms with van der Waals surface area (Å²) in [7, 11) is 0. The topological polar surface area (TPSA) is 50.4 Å². The van der Waals surface area contributed by atoms with Crippen molar-refractivity contribution in [3.05, 3.63) is 0 Å². The third-order valence-electron chi connectivity index (χ3n) is 1.97. The Morgan fingerprint density at radius 3 is 2.62 bits per heavy atom. The second-order valence-electron chi connectivity index (χ2n) is 4.19. The Labute approximate surface area is 99.1 Å². The Morgan fingerprint density at radius 2 is 2.00 bits per heavy atom. The van der Waals surface area contributed by atoms with E-state index in [0.717, 1.165) is 39.1 Å². The predicted octanol–water partition coefficient (Wildman–Crippen LogP) is 1.31. The van der Waals surface area contributed by atoms with E-state index in [0.29, 0.717) is 6.42 Å². The summed E-state index contributed by atoms with van der Waals surface area (Å²) in [6.45, 7) is 9.35. The summed E-state index contributed by atoms with van der Waals surface area (Å²) in [5.41, 5.74) is 0. The summed E-state index contributed by atoms with van der Waals surface area (Å²) in [6.07, 6.45) is 2.63. The van der Waals surface area contributed by atoms with Gasteiger partial charge in [-0.05, 0) is 33.2 Å². The molecule has 1 amide bonds. The van der Waals surface area contributed by atoms with Gasteiger partial charge < -0.3 is 15.4 Å². The molecule has 0 saturated carbocycles. The van der Waals surface area contributed by atoms with Crippen LogP contribution in [0.1, 0.15) is 40.0 Å². The number of hydrogen-bond donors (Lipinski definition) is 2. The van der Waals surface area contributed by atoms with Crippen LogP contribution < -0.4 is 10.6 Å². The van der Waals surface area contributed by atoms with E-state index in [1.54, 1.807) is 0 Å². The maximum absolute atomic E-state index is 11.3. The second-order valence-corrected chi connectivity index (χ2v) is 4.19. The number of carbonyl (C=O) groups is 1. The van der Waals surface area contributed by atoms with Gasteiger partial charge in [-0.15, -0.1) is 0 Å². The molecule has 0 unspecified atom stereocenters. The first kappa shape index (κ1) is 15.4. The summed E-state index contributed by atoms with van der Waals surface area (Å²) in [5, 5.41) is 6.08. The minimum atomic E-state index is 0.115. The lowest BCUT2D eigenvalue weighted by Gasteiger charge is -2.08. The zero-order chi connectivity index (χ0) is 12.2. The van der Waals surface area contributed by atoms with Crippen molar-refractivity contribution in [2.24, 2.45) is 0 Å². The molecule has 0 aromatic heterocycles. The number of hydrogen-bond acceptors (Lipinski definition) is 3. The molecular formula is C12H26N2O2. The molecule has 0 radical (unpaired) electrons. The predicted molar refractivity (Wildman–Crippen MR) is 66.5 cm³/mol. The third kappa shape index (κ3) is 11.5. The van der Waals surface area contributed by atoms with Gasteiger partial charge in [0.15, 0.2) is 0 Å². The molecule has 0 aliphatic heterocycles. The molecule has 4 heteroatoms. The quantitative estimate of drug-likeness (QED) is 0.556. The van der Waals surface area contributed by atoms with Crippen molar-refractivity contribution in [1.29, 1.82) is 0 Å². The molecule has 2 N–H and O–H groups in total. The van der Waals surface area contributed by atoms with Crippen LogP contribution in [0.5, 0.6) is 0 Å². The summed E-state index contributed by atoms with van der Waals surface area (Å²) in [5.74, 6) is 0.115. The Balaban J connectivity index is 3.11. The number of rotatable bonds is 10. The molecule has 0 bridgehead atoms. The lowest BCUT2D eigenvalue weighted by Crippen LogP contribution is -2.32. The molecule has 96 valence electrons. The van der Waals surface area contributed by atoms with Crippen LogP contribution in [0.3, 0.4) is 0 Å². The van der Waals surface area contributed by atoms with Gasteiger partial charge in [0.2, 0.25) is 5.91 Å². The van der Waals surface area contributed by atoms with E-state index in [9.17, 15) is 4.79 Å². The van der Waals surface area contributed by atoms with E-state index in [1.165, 1.54) is 0 Å². The molecule has 0 saturated heterocycles. The largest absolute Gasteiger partial charge is 0.381 e. The lowest BCUT2D eigenvalue weighted by atomic mass is 10.3. The number of amides is 1. The molecule has 0 aliphatic carbocycles. The molecule has 0 aromatic carbocycles. The Hall–Kier alpha value is -0.610. The Morgan fingerprint density at radius 1 is 1.25 bits per heavy atom. The van der Waals surface area contributed by atoms with Gasteiger partial charge in [-0.25, -0.2) is 0 Å². The van der Waals surface area contributed by atoms with Gasteiger partial charge in [-0.2, -0.15) is 0 Å². The van der Waals surface area contributed by atoms with Crippen molar-refractivity contribution in [1.82, 2.24) is 10.6 Å². The minimum Gasteiger partial charge on any atom is -0.381 e. The van der Waals surface area contributed by atoms with Crippen molar-refractivity contribution in [3.63, 3.8) is 0 Å². The maximum atomic E-state index is 11.3. The van der Waals surface area contributed by atoms with Crippen molar-refractivity contribution in [2.45, 2.75) is 46.1 Å². The normalized spacial score (nSPS) is 10.8. The van der Waals surface area contributed by atoms with Crippen LogP contribution in [-0.2, 0) is 9.53 Å². The first-order chi connectivity index (χ1) is 7.66. The molecular weight excluding hydrogens is 204 g/mol. The minimum absolute atomic E-state index is 0.115. The van der Waals surface area contributed by atoms with Gasteiger partial charge in [-0.1, -0.05) is 6.92 Å². The summed E-state index contributed by atoms with van der Waals surface area (Å²) in [6, 6.07) is 0.231. The highest BCUT2D eigenvalue weighted by Gasteiger charge is 2.01. The smallest absolute Gasteiger partial charge is 0.221 e. The van der Waals surface area contributed by atoms with Crippen molar-refractivity contribution in [3.8, 4) is 0 Å². The average Bonchev–Trinajstić information content (AvgIpc) is 2.21. The van der Waals surface area contributed by atoms with Gasteiger partial charge in [-0.3, -0.25) is 4.79 Å². The third-order valence-corrected chi connectivity index (χ3v) is 1.97. The van der Waals surface area contributed by atoms with Crippen molar-refractivity contribution < 1.29 is 9.53 Å². The van der Waals surface area contributed by atoms with E-state index in [1.807, 2.05) is 13.8 Å². The number of carbonyl (C=O) groups excluding carboxylic acids is 1. The van der Waals surface area contributed by atoms with E-state index in [4.69, 9.17) is 4.74 Å². The van der Waals surface area contributed by atoms with E-state index in [-0.39, 0.29) is 11.9 Å². The highest BCUT2D eigenvalue weighted by atomic mass is 16.5. The van der Waals surface area contributed by atoms with Gasteiger partial charge >= 0.3 is 0 Å². The summed E-state index contributed by atoms with van der Waals surface area (Å²) >= 11 is 0. The molecule has 0 heterocycles. The zero-order valence-corrected chi connectivity index (χ0v) is 10.8. The Bertz CT molecular complexity index is 172. The molecule has 0 atom stereocenters. The zero-order valence-electron chi connectivity index (χ0n) is 10.8. The fraction of sp³-hybridized carbons (Fsp3) is 0.917. The van der Waals surface area contributed by atoms with E-state index >= 15 is 0 Å². The highest BCUT2D eigenvalue weighted by molar-refractivity contribution is 5.76. The molecule has 0 fully saturated rings. The maximum Gasteiger partial charge on any atom is 0.221 e. The second kappa shape index (κ2) is 10.9. The van der Waals surface area contributed by atoms with E-state index < -0.39 is 0 Å². The van der Waals surface area contributed by atoms with Gasteiger partial charge in [0.1, 0.15) is 0 Å². The monoisotopic (exact) mass is 230 g/mol. The molecule has 0 rings (SSSR count). The molecule has 4 nitrogen and oxygen atoms in total. The fourth-order valence-electron chi connectivity index (χ4n) is 1.27. The molecule has 16 heavy (non-hydrogen) atoms. The van der Waals surface area contributed by atoms with Gasteiger partial charge in [0.05, 0.1) is 0 Å².